The normalized spacial score (nSPS) is 11.9. The Bertz CT molecular complexity index is 998. The Morgan fingerprint density at radius 3 is 2.62 bits per heavy atom. The van der Waals surface area contributed by atoms with Crippen molar-refractivity contribution in [2.24, 2.45) is 4.99 Å². The molecule has 0 aliphatic rings. The molecule has 2 N–H and O–H groups in total. The van der Waals surface area contributed by atoms with Gasteiger partial charge in [0.15, 0.2) is 4.80 Å². The second-order valence-corrected chi connectivity index (χ2v) is 8.06. The first-order valence-electron chi connectivity index (χ1n) is 9.65. The van der Waals surface area contributed by atoms with Crippen LogP contribution in [-0.4, -0.2) is 29.4 Å². The van der Waals surface area contributed by atoms with Crippen molar-refractivity contribution in [3.63, 3.8) is 0 Å². The summed E-state index contributed by atoms with van der Waals surface area (Å²) in [4.78, 5) is 5.76. The zero-order valence-corrected chi connectivity index (χ0v) is 17.9. The van der Waals surface area contributed by atoms with Crippen LogP contribution in [0.5, 0.6) is 0 Å². The van der Waals surface area contributed by atoms with E-state index in [4.69, 9.17) is 21.7 Å². The minimum Gasteiger partial charge on any atom is -0.396 e. The highest BCUT2D eigenvalue weighted by Gasteiger charge is 2.09. The molecule has 0 aliphatic heterocycles. The summed E-state index contributed by atoms with van der Waals surface area (Å²) in [5.74, 6) is -0.245. The number of hydrogen-bond donors (Lipinski definition) is 2. The number of halogens is 2. The first kappa shape index (κ1) is 21.7. The Labute approximate surface area is 179 Å². The van der Waals surface area contributed by atoms with Gasteiger partial charge in [-0.2, -0.15) is 0 Å². The van der Waals surface area contributed by atoms with Crippen LogP contribution in [0.15, 0.2) is 52.8 Å². The lowest BCUT2D eigenvalue weighted by atomic mass is 10.1. The van der Waals surface area contributed by atoms with Gasteiger partial charge in [0.25, 0.3) is 0 Å². The maximum Gasteiger partial charge on any atom is 0.190 e. The van der Waals surface area contributed by atoms with Crippen molar-refractivity contribution in [2.45, 2.75) is 26.3 Å². The van der Waals surface area contributed by atoms with Crippen molar-refractivity contribution in [3.05, 3.63) is 69.0 Å². The average Bonchev–Trinajstić information content (AvgIpc) is 3.10. The van der Waals surface area contributed by atoms with Gasteiger partial charge in [0.2, 0.25) is 0 Å². The van der Waals surface area contributed by atoms with Crippen LogP contribution in [0.1, 0.15) is 18.4 Å². The molecule has 4 nitrogen and oxygen atoms in total. The van der Waals surface area contributed by atoms with Gasteiger partial charge in [-0.3, -0.25) is 0 Å². The highest BCUT2D eigenvalue weighted by molar-refractivity contribution is 7.07. The highest BCUT2D eigenvalue weighted by atomic mass is 35.5. The zero-order chi connectivity index (χ0) is 20.6. The third-order valence-corrected chi connectivity index (χ3v) is 5.66. The minimum atomic E-state index is -0.245. The summed E-state index contributed by atoms with van der Waals surface area (Å²) in [6.45, 7) is 4.63. The van der Waals surface area contributed by atoms with Crippen LogP contribution in [-0.2, 0) is 6.54 Å². The molecule has 3 rings (SSSR count). The Morgan fingerprint density at radius 1 is 1.14 bits per heavy atom. The second-order valence-electron chi connectivity index (χ2n) is 6.79. The summed E-state index contributed by atoms with van der Waals surface area (Å²) >= 11 is 7.64. The molecule has 0 unspecified atom stereocenters. The zero-order valence-electron chi connectivity index (χ0n) is 16.4. The Kier molecular flexibility index (Phi) is 8.00. The quantitative estimate of drug-likeness (QED) is 0.471. The van der Waals surface area contributed by atoms with Crippen LogP contribution in [0.25, 0.3) is 11.3 Å². The largest absolute Gasteiger partial charge is 0.396 e. The molecule has 0 amide bonds. The molecule has 1 aromatic heterocycles. The summed E-state index contributed by atoms with van der Waals surface area (Å²) in [5.41, 5.74) is 3.89. The standard InChI is InChI=1S/C22H25ClFN3OS/c1-16-14-18(23)6-9-20(16)26-22-27(12-2-10-25-11-3-13-28)21(15-29-22)17-4-7-19(24)8-5-17/h4-9,14-15,25,28H,2-3,10-13H2,1H3. The topological polar surface area (TPSA) is 49.5 Å². The Morgan fingerprint density at radius 2 is 1.90 bits per heavy atom. The smallest absolute Gasteiger partial charge is 0.190 e. The van der Waals surface area contributed by atoms with E-state index in [1.807, 2.05) is 25.1 Å². The fourth-order valence-corrected chi connectivity index (χ4v) is 4.20. The van der Waals surface area contributed by atoms with E-state index in [-0.39, 0.29) is 12.4 Å². The lowest BCUT2D eigenvalue weighted by molar-refractivity contribution is 0.286. The monoisotopic (exact) mass is 433 g/mol. The first-order valence-corrected chi connectivity index (χ1v) is 10.9. The molecule has 154 valence electrons. The van der Waals surface area contributed by atoms with E-state index in [0.29, 0.717) is 5.02 Å². The molecule has 0 fully saturated rings. The first-order chi connectivity index (χ1) is 14.1. The van der Waals surface area contributed by atoms with Crippen LogP contribution < -0.4 is 10.1 Å². The molecule has 29 heavy (non-hydrogen) atoms. The number of rotatable bonds is 9. The molecule has 1 heterocycles. The van der Waals surface area contributed by atoms with E-state index in [1.165, 1.54) is 12.1 Å². The van der Waals surface area contributed by atoms with E-state index in [9.17, 15) is 4.39 Å². The van der Waals surface area contributed by atoms with Crippen LogP contribution in [0, 0.1) is 12.7 Å². The van der Waals surface area contributed by atoms with Crippen LogP contribution in [0.2, 0.25) is 5.02 Å². The van der Waals surface area contributed by atoms with Gasteiger partial charge in [-0.15, -0.1) is 11.3 Å². The van der Waals surface area contributed by atoms with Gasteiger partial charge >= 0.3 is 0 Å². The van der Waals surface area contributed by atoms with Gasteiger partial charge in [0.05, 0.1) is 11.4 Å². The highest BCUT2D eigenvalue weighted by Crippen LogP contribution is 2.24. The third kappa shape index (κ3) is 6.00. The number of aliphatic hydroxyl groups is 1. The molecule has 0 radical (unpaired) electrons. The van der Waals surface area contributed by atoms with Crippen molar-refractivity contribution < 1.29 is 9.50 Å². The van der Waals surface area contributed by atoms with Gasteiger partial charge < -0.3 is 15.0 Å². The SMILES string of the molecule is Cc1cc(Cl)ccc1N=c1scc(-c2ccc(F)cc2)n1CCCNCCCO. The average molecular weight is 434 g/mol. The second kappa shape index (κ2) is 10.7. The third-order valence-electron chi connectivity index (χ3n) is 4.56. The number of hydrogen-bond acceptors (Lipinski definition) is 4. The lowest BCUT2D eigenvalue weighted by Crippen LogP contribution is -2.22. The van der Waals surface area contributed by atoms with Gasteiger partial charge in [-0.05, 0) is 86.4 Å². The van der Waals surface area contributed by atoms with Crippen LogP contribution in [0.3, 0.4) is 0 Å². The van der Waals surface area contributed by atoms with Crippen LogP contribution >= 0.6 is 22.9 Å². The molecule has 0 aliphatic carbocycles. The molecule has 2 aromatic carbocycles. The van der Waals surface area contributed by atoms with Gasteiger partial charge in [-0.1, -0.05) is 11.6 Å². The van der Waals surface area contributed by atoms with Gasteiger partial charge in [0, 0.05) is 23.6 Å². The van der Waals surface area contributed by atoms with Crippen molar-refractivity contribution >= 4 is 28.6 Å². The number of benzene rings is 2. The molecule has 7 heteroatoms. The van der Waals surface area contributed by atoms with E-state index in [2.05, 4.69) is 15.3 Å². The molecular formula is C22H25ClFN3OS. The summed E-state index contributed by atoms with van der Waals surface area (Å²) in [6, 6.07) is 12.2. The van der Waals surface area contributed by atoms with Crippen molar-refractivity contribution in [3.8, 4) is 11.3 Å². The fraction of sp³-hybridized carbons (Fsp3) is 0.318. The van der Waals surface area contributed by atoms with Gasteiger partial charge in [-0.25, -0.2) is 9.38 Å². The number of nitrogens with one attached hydrogen (secondary N) is 1. The number of thiazole rings is 1. The van der Waals surface area contributed by atoms with E-state index in [1.54, 1.807) is 23.5 Å². The molecule has 0 saturated heterocycles. The molecule has 3 aromatic rings. The van der Waals surface area contributed by atoms with Crippen LogP contribution in [0.4, 0.5) is 10.1 Å². The fourth-order valence-electron chi connectivity index (χ4n) is 3.02. The summed E-state index contributed by atoms with van der Waals surface area (Å²) in [5, 5.41) is 15.0. The van der Waals surface area contributed by atoms with E-state index >= 15 is 0 Å². The maximum atomic E-state index is 13.4. The minimum absolute atomic E-state index is 0.199. The number of aryl methyl sites for hydroxylation is 1. The summed E-state index contributed by atoms with van der Waals surface area (Å²) in [7, 11) is 0. The summed E-state index contributed by atoms with van der Waals surface area (Å²) < 4.78 is 15.5. The lowest BCUT2D eigenvalue weighted by Gasteiger charge is -2.10. The van der Waals surface area contributed by atoms with Crippen molar-refractivity contribution in [2.75, 3.05) is 19.7 Å². The summed E-state index contributed by atoms with van der Waals surface area (Å²) in [6.07, 6.45) is 1.67. The predicted molar refractivity (Wildman–Crippen MR) is 118 cm³/mol. The molecule has 0 spiro atoms. The molecular weight excluding hydrogens is 409 g/mol. The number of nitrogens with zero attached hydrogens (tertiary/aromatic N) is 2. The Hall–Kier alpha value is -1.99. The van der Waals surface area contributed by atoms with Gasteiger partial charge in [0.1, 0.15) is 5.82 Å². The Balaban J connectivity index is 1.91. The molecule has 0 atom stereocenters. The van der Waals surface area contributed by atoms with E-state index < -0.39 is 0 Å². The van der Waals surface area contributed by atoms with Crippen molar-refractivity contribution in [1.29, 1.82) is 0 Å². The number of aliphatic hydroxyl groups excluding tert-OH is 1. The van der Waals surface area contributed by atoms with E-state index in [0.717, 1.165) is 59.8 Å². The predicted octanol–water partition coefficient (Wildman–Crippen LogP) is 4.91. The molecule has 0 bridgehead atoms. The molecule has 0 saturated carbocycles. The number of aromatic nitrogens is 1. The maximum absolute atomic E-state index is 13.4. The van der Waals surface area contributed by atoms with Crippen molar-refractivity contribution in [1.82, 2.24) is 9.88 Å².